The number of rotatable bonds is 7. The maximum absolute atomic E-state index is 12.0. The summed E-state index contributed by atoms with van der Waals surface area (Å²) in [6.45, 7) is 3.37. The summed E-state index contributed by atoms with van der Waals surface area (Å²) < 4.78 is 37.2. The Balaban J connectivity index is 2.62. The lowest BCUT2D eigenvalue weighted by molar-refractivity contribution is -0.140. The second kappa shape index (κ2) is 6.82. The van der Waals surface area contributed by atoms with Gasteiger partial charge in [0.2, 0.25) is 5.89 Å². The van der Waals surface area contributed by atoms with E-state index in [0.29, 0.717) is 5.76 Å². The van der Waals surface area contributed by atoms with Crippen molar-refractivity contribution in [1.82, 2.24) is 14.0 Å². The number of aryl methyl sites for hydroxylation is 1. The molecule has 0 aliphatic carbocycles. The third-order valence-electron chi connectivity index (χ3n) is 2.60. The Morgan fingerprint density at radius 3 is 2.75 bits per heavy atom. The summed E-state index contributed by atoms with van der Waals surface area (Å²) in [7, 11) is -1.10. The average Bonchev–Trinajstić information content (AvgIpc) is 2.81. The number of hydrogen-bond acceptors (Lipinski definition) is 6. The van der Waals surface area contributed by atoms with E-state index in [4.69, 9.17) is 4.42 Å². The largest absolute Gasteiger partial charge is 0.469 e. The number of aromatic nitrogens is 1. The van der Waals surface area contributed by atoms with Gasteiger partial charge in [0.05, 0.1) is 25.8 Å². The molecule has 1 heterocycles. The molecule has 1 unspecified atom stereocenters. The first-order valence-corrected chi connectivity index (χ1v) is 7.43. The number of esters is 1. The lowest BCUT2D eigenvalue weighted by Crippen LogP contribution is -2.40. The minimum atomic E-state index is -3.73. The number of carbonyl (C=O) groups is 1. The van der Waals surface area contributed by atoms with E-state index < -0.39 is 22.2 Å². The smallest absolute Gasteiger partial charge is 0.306 e. The predicted octanol–water partition coefficient (Wildman–Crippen LogP) is 0.373. The molecule has 1 N–H and O–H groups in total. The zero-order valence-corrected chi connectivity index (χ0v) is 12.7. The van der Waals surface area contributed by atoms with Crippen molar-refractivity contribution in [2.45, 2.75) is 26.3 Å². The normalized spacial score (nSPS) is 13.4. The molecule has 8 nitrogen and oxygen atoms in total. The zero-order chi connectivity index (χ0) is 15.3. The number of oxazole rings is 1. The molecule has 1 atom stereocenters. The van der Waals surface area contributed by atoms with E-state index in [-0.39, 0.29) is 18.9 Å². The minimum Gasteiger partial charge on any atom is -0.469 e. The van der Waals surface area contributed by atoms with Crippen molar-refractivity contribution in [2.75, 3.05) is 20.7 Å². The molecule has 0 bridgehead atoms. The Bertz CT molecular complexity index is 554. The SMILES string of the molecule is COC(=O)CCN(C)S(=O)(=O)NC(C)c1ncc(C)o1. The molecule has 1 aromatic heterocycles. The summed E-state index contributed by atoms with van der Waals surface area (Å²) in [6, 6.07) is -0.603. The van der Waals surface area contributed by atoms with E-state index in [1.54, 1.807) is 13.8 Å². The van der Waals surface area contributed by atoms with Gasteiger partial charge >= 0.3 is 5.97 Å². The Kier molecular flexibility index (Phi) is 5.66. The molecule has 0 aliphatic heterocycles. The lowest BCUT2D eigenvalue weighted by Gasteiger charge is -2.19. The Morgan fingerprint density at radius 2 is 2.25 bits per heavy atom. The molecule has 0 aliphatic rings. The van der Waals surface area contributed by atoms with Gasteiger partial charge < -0.3 is 9.15 Å². The molecule has 9 heteroatoms. The van der Waals surface area contributed by atoms with Crippen molar-refractivity contribution in [2.24, 2.45) is 0 Å². The van der Waals surface area contributed by atoms with Crippen LogP contribution in [0.3, 0.4) is 0 Å². The molecule has 0 amide bonds. The maximum Gasteiger partial charge on any atom is 0.306 e. The highest BCUT2D eigenvalue weighted by Crippen LogP contribution is 2.13. The molecule has 20 heavy (non-hydrogen) atoms. The first kappa shape index (κ1) is 16.6. The van der Waals surface area contributed by atoms with E-state index in [2.05, 4.69) is 14.4 Å². The zero-order valence-electron chi connectivity index (χ0n) is 11.9. The number of ether oxygens (including phenoxy) is 1. The van der Waals surface area contributed by atoms with E-state index in [9.17, 15) is 13.2 Å². The fraction of sp³-hybridized carbons (Fsp3) is 0.636. The molecule has 0 radical (unpaired) electrons. The number of methoxy groups -OCH3 is 1. The summed E-state index contributed by atoms with van der Waals surface area (Å²) in [6.07, 6.45) is 1.50. The van der Waals surface area contributed by atoms with E-state index in [1.807, 2.05) is 0 Å². The van der Waals surface area contributed by atoms with Crippen LogP contribution < -0.4 is 4.72 Å². The van der Waals surface area contributed by atoms with Gasteiger partial charge in [-0.2, -0.15) is 17.4 Å². The Hall–Kier alpha value is -1.45. The molecular formula is C11H19N3O5S. The van der Waals surface area contributed by atoms with Crippen molar-refractivity contribution in [3.8, 4) is 0 Å². The fourth-order valence-electron chi connectivity index (χ4n) is 1.41. The van der Waals surface area contributed by atoms with Gasteiger partial charge in [-0.3, -0.25) is 4.79 Å². The molecule has 0 aromatic carbocycles. The summed E-state index contributed by atoms with van der Waals surface area (Å²) >= 11 is 0. The first-order valence-electron chi connectivity index (χ1n) is 5.99. The third-order valence-corrected chi connectivity index (χ3v) is 4.26. The molecule has 0 saturated carbocycles. The van der Waals surface area contributed by atoms with Gasteiger partial charge in [0.15, 0.2) is 0 Å². The molecule has 1 rings (SSSR count). The fourth-order valence-corrected chi connectivity index (χ4v) is 2.47. The van der Waals surface area contributed by atoms with Crippen LogP contribution in [0.1, 0.15) is 31.0 Å². The van der Waals surface area contributed by atoms with Gasteiger partial charge in [-0.1, -0.05) is 0 Å². The molecule has 1 aromatic rings. The molecule has 0 fully saturated rings. The lowest BCUT2D eigenvalue weighted by atomic mass is 10.4. The van der Waals surface area contributed by atoms with Crippen molar-refractivity contribution in [1.29, 1.82) is 0 Å². The van der Waals surface area contributed by atoms with Crippen molar-refractivity contribution in [3.63, 3.8) is 0 Å². The van der Waals surface area contributed by atoms with E-state index in [0.717, 1.165) is 4.31 Å². The van der Waals surface area contributed by atoms with Crippen LogP contribution >= 0.6 is 0 Å². The molecule has 0 spiro atoms. The van der Waals surface area contributed by atoms with Crippen LogP contribution in [-0.4, -0.2) is 44.4 Å². The Labute approximate surface area is 118 Å². The van der Waals surface area contributed by atoms with Crippen LogP contribution in [0.2, 0.25) is 0 Å². The van der Waals surface area contributed by atoms with Crippen molar-refractivity contribution >= 4 is 16.2 Å². The topological polar surface area (TPSA) is 102 Å². The quantitative estimate of drug-likeness (QED) is 0.730. The molecule has 114 valence electrons. The second-order valence-corrected chi connectivity index (χ2v) is 6.11. The first-order chi connectivity index (χ1) is 9.26. The minimum absolute atomic E-state index is 0.0135. The van der Waals surface area contributed by atoms with Crippen LogP contribution in [0.25, 0.3) is 0 Å². The highest BCUT2D eigenvalue weighted by molar-refractivity contribution is 7.87. The van der Waals surface area contributed by atoms with Crippen LogP contribution in [0.5, 0.6) is 0 Å². The monoisotopic (exact) mass is 305 g/mol. The summed E-state index contributed by atoms with van der Waals surface area (Å²) in [5.41, 5.74) is 0. The summed E-state index contributed by atoms with van der Waals surface area (Å²) in [4.78, 5) is 15.0. The van der Waals surface area contributed by atoms with Crippen LogP contribution in [0.15, 0.2) is 10.6 Å². The number of carbonyl (C=O) groups excluding carboxylic acids is 1. The number of nitrogens with one attached hydrogen (secondary N) is 1. The summed E-state index contributed by atoms with van der Waals surface area (Å²) in [5, 5.41) is 0. The van der Waals surface area contributed by atoms with Gasteiger partial charge in [-0.25, -0.2) is 4.98 Å². The predicted molar refractivity (Wildman–Crippen MR) is 71.0 cm³/mol. The van der Waals surface area contributed by atoms with Crippen LogP contribution in [0, 0.1) is 6.92 Å². The highest BCUT2D eigenvalue weighted by atomic mass is 32.2. The van der Waals surface area contributed by atoms with Gasteiger partial charge in [0.1, 0.15) is 5.76 Å². The number of hydrogen-bond donors (Lipinski definition) is 1. The van der Waals surface area contributed by atoms with Crippen molar-refractivity contribution < 1.29 is 22.4 Å². The maximum atomic E-state index is 12.0. The average molecular weight is 305 g/mol. The molecule has 0 saturated heterocycles. The van der Waals surface area contributed by atoms with Crippen LogP contribution in [0.4, 0.5) is 0 Å². The highest BCUT2D eigenvalue weighted by Gasteiger charge is 2.23. The van der Waals surface area contributed by atoms with Crippen molar-refractivity contribution in [3.05, 3.63) is 17.8 Å². The second-order valence-electron chi connectivity index (χ2n) is 4.30. The van der Waals surface area contributed by atoms with Gasteiger partial charge in [-0.05, 0) is 13.8 Å². The molecular weight excluding hydrogens is 286 g/mol. The van der Waals surface area contributed by atoms with Crippen LogP contribution in [-0.2, 0) is 19.7 Å². The summed E-state index contributed by atoms with van der Waals surface area (Å²) in [5.74, 6) is 0.418. The standard InChI is InChI=1S/C11H19N3O5S/c1-8-7-12-11(19-8)9(2)13-20(16,17)14(3)6-5-10(15)18-4/h7,9,13H,5-6H2,1-4H3. The Morgan fingerprint density at radius 1 is 1.60 bits per heavy atom. The van der Waals surface area contributed by atoms with Gasteiger partial charge in [0, 0.05) is 13.6 Å². The van der Waals surface area contributed by atoms with E-state index in [1.165, 1.54) is 20.4 Å². The number of nitrogens with zero attached hydrogens (tertiary/aromatic N) is 2. The van der Waals surface area contributed by atoms with Gasteiger partial charge in [-0.15, -0.1) is 0 Å². The van der Waals surface area contributed by atoms with Gasteiger partial charge in [0.25, 0.3) is 10.2 Å². The van der Waals surface area contributed by atoms with E-state index >= 15 is 0 Å². The third kappa shape index (κ3) is 4.58.